The number of carbonyl (C=O) groups is 1. The Hall–Kier alpha value is -0.790. The molecule has 0 aromatic rings. The molecule has 0 rings (SSSR count). The van der Waals surface area contributed by atoms with E-state index in [0.29, 0.717) is 11.5 Å². The van der Waals surface area contributed by atoms with Crippen LogP contribution >= 0.6 is 0 Å². The van der Waals surface area contributed by atoms with Gasteiger partial charge in [0.2, 0.25) is 5.91 Å². The van der Waals surface area contributed by atoms with E-state index in [1.165, 1.54) is 64.2 Å². The minimum atomic E-state index is -0.293. The van der Waals surface area contributed by atoms with Crippen LogP contribution in [0.2, 0.25) is 0 Å². The third-order valence-corrected chi connectivity index (χ3v) is 3.69. The van der Waals surface area contributed by atoms with Crippen LogP contribution in [0.4, 0.5) is 0 Å². The Kier molecular flexibility index (Phi) is 11.7. The molecule has 112 valence electrons. The van der Waals surface area contributed by atoms with E-state index in [1.807, 2.05) is 6.08 Å². The molecule has 1 amide bonds. The van der Waals surface area contributed by atoms with Crippen LogP contribution < -0.4 is 5.73 Å². The van der Waals surface area contributed by atoms with Gasteiger partial charge in [-0.05, 0) is 19.3 Å². The van der Waals surface area contributed by atoms with Gasteiger partial charge in [0.15, 0.2) is 0 Å². The summed E-state index contributed by atoms with van der Waals surface area (Å²) in [6, 6.07) is 0. The summed E-state index contributed by atoms with van der Waals surface area (Å²) in [6.07, 6.45) is 15.4. The van der Waals surface area contributed by atoms with Gasteiger partial charge >= 0.3 is 0 Å². The van der Waals surface area contributed by atoms with Gasteiger partial charge in [-0.2, -0.15) is 0 Å². The van der Waals surface area contributed by atoms with E-state index >= 15 is 0 Å². The Bertz CT molecular complexity index is 258. The summed E-state index contributed by atoms with van der Waals surface area (Å²) >= 11 is 0. The molecule has 2 nitrogen and oxygen atoms in total. The fraction of sp³-hybridized carbons (Fsp3) is 0.824. The molecule has 2 N–H and O–H groups in total. The molecular weight excluding hydrogens is 234 g/mol. The molecule has 0 saturated carbocycles. The van der Waals surface area contributed by atoms with Crippen LogP contribution in [-0.2, 0) is 4.79 Å². The van der Waals surface area contributed by atoms with Gasteiger partial charge < -0.3 is 5.73 Å². The molecule has 0 fully saturated rings. The lowest BCUT2D eigenvalue weighted by Gasteiger charge is -2.07. The SMILES string of the molecule is CCCCCCCCCCCC(C)/C=C(/C)C(N)=O. The number of primary amides is 1. The predicted octanol–water partition coefficient (Wildman–Crippen LogP) is 4.98. The first-order valence-corrected chi connectivity index (χ1v) is 8.06. The summed E-state index contributed by atoms with van der Waals surface area (Å²) < 4.78 is 0. The summed E-state index contributed by atoms with van der Waals surface area (Å²) in [5.74, 6) is 0.177. The van der Waals surface area contributed by atoms with Crippen LogP contribution in [0, 0.1) is 5.92 Å². The highest BCUT2D eigenvalue weighted by Crippen LogP contribution is 2.15. The molecule has 2 heteroatoms. The lowest BCUT2D eigenvalue weighted by atomic mass is 9.99. The van der Waals surface area contributed by atoms with E-state index in [1.54, 1.807) is 6.92 Å². The van der Waals surface area contributed by atoms with Crippen LogP contribution in [-0.4, -0.2) is 5.91 Å². The van der Waals surface area contributed by atoms with Gasteiger partial charge in [-0.3, -0.25) is 4.79 Å². The van der Waals surface area contributed by atoms with Crippen LogP contribution in [0.3, 0.4) is 0 Å². The summed E-state index contributed by atoms with van der Waals surface area (Å²) in [6.45, 7) is 6.22. The van der Waals surface area contributed by atoms with Gasteiger partial charge in [0.25, 0.3) is 0 Å². The van der Waals surface area contributed by atoms with Crippen molar-refractivity contribution in [3.8, 4) is 0 Å². The fourth-order valence-electron chi connectivity index (χ4n) is 2.37. The predicted molar refractivity (Wildman–Crippen MR) is 84.0 cm³/mol. The van der Waals surface area contributed by atoms with E-state index < -0.39 is 0 Å². The number of hydrogen-bond acceptors (Lipinski definition) is 1. The summed E-state index contributed by atoms with van der Waals surface area (Å²) in [5.41, 5.74) is 5.92. The zero-order chi connectivity index (χ0) is 14.5. The second-order valence-corrected chi connectivity index (χ2v) is 5.81. The maximum absolute atomic E-state index is 10.9. The summed E-state index contributed by atoms with van der Waals surface area (Å²) in [5, 5.41) is 0. The Morgan fingerprint density at radius 3 is 1.95 bits per heavy atom. The van der Waals surface area contributed by atoms with Gasteiger partial charge in [0.05, 0.1) is 0 Å². The van der Waals surface area contributed by atoms with E-state index in [9.17, 15) is 4.79 Å². The molecule has 0 bridgehead atoms. The minimum Gasteiger partial charge on any atom is -0.366 e. The Labute approximate surface area is 119 Å². The van der Waals surface area contributed by atoms with Crippen molar-refractivity contribution < 1.29 is 4.79 Å². The number of amides is 1. The highest BCUT2D eigenvalue weighted by atomic mass is 16.1. The largest absolute Gasteiger partial charge is 0.366 e. The third-order valence-electron chi connectivity index (χ3n) is 3.69. The maximum Gasteiger partial charge on any atom is 0.244 e. The first-order chi connectivity index (χ1) is 9.07. The van der Waals surface area contributed by atoms with Crippen molar-refractivity contribution in [2.75, 3.05) is 0 Å². The van der Waals surface area contributed by atoms with Crippen molar-refractivity contribution in [1.82, 2.24) is 0 Å². The second kappa shape index (κ2) is 12.3. The first kappa shape index (κ1) is 18.2. The molecule has 1 atom stereocenters. The molecule has 1 unspecified atom stereocenters. The van der Waals surface area contributed by atoms with Gasteiger partial charge in [0, 0.05) is 5.57 Å². The minimum absolute atomic E-state index is 0.293. The summed E-state index contributed by atoms with van der Waals surface area (Å²) in [7, 11) is 0. The van der Waals surface area contributed by atoms with Crippen molar-refractivity contribution >= 4 is 5.91 Å². The summed E-state index contributed by atoms with van der Waals surface area (Å²) in [4.78, 5) is 10.9. The molecule has 0 aromatic heterocycles. The van der Waals surface area contributed by atoms with Crippen molar-refractivity contribution in [3.05, 3.63) is 11.6 Å². The number of hydrogen-bond donors (Lipinski definition) is 1. The Morgan fingerprint density at radius 1 is 1.00 bits per heavy atom. The van der Waals surface area contributed by atoms with E-state index in [2.05, 4.69) is 13.8 Å². The molecule has 0 aliphatic rings. The van der Waals surface area contributed by atoms with Crippen molar-refractivity contribution in [2.24, 2.45) is 11.7 Å². The maximum atomic E-state index is 10.9. The van der Waals surface area contributed by atoms with Gasteiger partial charge in [-0.25, -0.2) is 0 Å². The smallest absolute Gasteiger partial charge is 0.244 e. The third kappa shape index (κ3) is 12.0. The first-order valence-electron chi connectivity index (χ1n) is 8.06. The lowest BCUT2D eigenvalue weighted by molar-refractivity contribution is -0.114. The van der Waals surface area contributed by atoms with E-state index in [0.717, 1.165) is 0 Å². The van der Waals surface area contributed by atoms with Crippen LogP contribution in [0.1, 0.15) is 85.0 Å². The van der Waals surface area contributed by atoms with Gasteiger partial charge in [-0.15, -0.1) is 0 Å². The molecule has 0 spiro atoms. The quantitative estimate of drug-likeness (QED) is 0.393. The normalized spacial score (nSPS) is 13.5. The van der Waals surface area contributed by atoms with E-state index in [4.69, 9.17) is 5.73 Å². The second-order valence-electron chi connectivity index (χ2n) is 5.81. The molecule has 19 heavy (non-hydrogen) atoms. The monoisotopic (exact) mass is 267 g/mol. The zero-order valence-corrected chi connectivity index (χ0v) is 13.2. The molecule has 0 aliphatic carbocycles. The van der Waals surface area contributed by atoms with Gasteiger partial charge in [0.1, 0.15) is 0 Å². The average Bonchev–Trinajstić information content (AvgIpc) is 2.36. The molecule has 0 heterocycles. The van der Waals surface area contributed by atoms with Crippen molar-refractivity contribution in [2.45, 2.75) is 85.0 Å². The molecular formula is C17H33NO. The Morgan fingerprint density at radius 2 is 1.47 bits per heavy atom. The number of nitrogens with two attached hydrogens (primary N) is 1. The number of unbranched alkanes of at least 4 members (excludes halogenated alkanes) is 8. The zero-order valence-electron chi connectivity index (χ0n) is 13.2. The Balaban J connectivity index is 3.39. The van der Waals surface area contributed by atoms with Crippen LogP contribution in [0.5, 0.6) is 0 Å². The number of rotatable bonds is 12. The molecule has 0 aromatic carbocycles. The average molecular weight is 267 g/mol. The van der Waals surface area contributed by atoms with Crippen LogP contribution in [0.15, 0.2) is 11.6 Å². The fourth-order valence-corrected chi connectivity index (χ4v) is 2.37. The standard InChI is InChI=1S/C17H33NO/c1-4-5-6-7-8-9-10-11-12-13-15(2)14-16(3)17(18)19/h14-15H,4-13H2,1-3H3,(H2,18,19)/b16-14-. The van der Waals surface area contributed by atoms with E-state index in [-0.39, 0.29) is 5.91 Å². The topological polar surface area (TPSA) is 43.1 Å². The van der Waals surface area contributed by atoms with Gasteiger partial charge in [-0.1, -0.05) is 77.7 Å². The molecule has 0 aliphatic heterocycles. The highest BCUT2D eigenvalue weighted by molar-refractivity contribution is 5.91. The number of allylic oxidation sites excluding steroid dienone is 1. The number of carbonyl (C=O) groups excluding carboxylic acids is 1. The molecule has 0 saturated heterocycles. The molecule has 0 radical (unpaired) electrons. The highest BCUT2D eigenvalue weighted by Gasteiger charge is 2.02. The van der Waals surface area contributed by atoms with Crippen molar-refractivity contribution in [1.29, 1.82) is 0 Å². The lowest BCUT2D eigenvalue weighted by Crippen LogP contribution is -2.12. The van der Waals surface area contributed by atoms with Crippen LogP contribution in [0.25, 0.3) is 0 Å². The van der Waals surface area contributed by atoms with Crippen molar-refractivity contribution in [3.63, 3.8) is 0 Å².